The minimum absolute atomic E-state index is 0.0111. The molecule has 1 aromatic heterocycles. The minimum atomic E-state index is -0.264. The molecule has 0 aliphatic heterocycles. The number of aryl methyl sites for hydroxylation is 1. The molecule has 1 heterocycles. The van der Waals surface area contributed by atoms with Gasteiger partial charge in [-0.15, -0.1) is 0 Å². The van der Waals surface area contributed by atoms with Gasteiger partial charge in [0.1, 0.15) is 0 Å². The number of pyridine rings is 1. The number of aromatic nitrogens is 1. The van der Waals surface area contributed by atoms with Crippen LogP contribution in [0.4, 0.5) is 10.5 Å². The van der Waals surface area contributed by atoms with Crippen molar-refractivity contribution in [3.63, 3.8) is 0 Å². The molecule has 0 spiro atoms. The topological polar surface area (TPSA) is 86.9 Å². The third kappa shape index (κ3) is 5.61. The molecule has 2 amide bonds. The number of amides is 2. The Balaban J connectivity index is 1.65. The number of carbonyl (C=O) groups excluding carboxylic acids is 1. The first-order valence-corrected chi connectivity index (χ1v) is 7.85. The number of urea groups is 1. The molecule has 0 saturated carbocycles. The Labute approximate surface area is 140 Å². The molecule has 2 rings (SSSR count). The van der Waals surface area contributed by atoms with Crippen LogP contribution in [0.2, 0.25) is 0 Å². The zero-order valence-corrected chi connectivity index (χ0v) is 13.4. The van der Waals surface area contributed by atoms with Gasteiger partial charge in [-0.1, -0.05) is 18.2 Å². The molecule has 1 aromatic carbocycles. The van der Waals surface area contributed by atoms with Crippen molar-refractivity contribution < 1.29 is 4.79 Å². The number of hydrogen-bond acceptors (Lipinski definition) is 3. The van der Waals surface area contributed by atoms with Crippen molar-refractivity contribution in [3.05, 3.63) is 64.6 Å². The summed E-state index contributed by atoms with van der Waals surface area (Å²) in [7, 11) is 0. The normalized spacial score (nSPS) is 9.96. The van der Waals surface area contributed by atoms with Gasteiger partial charge >= 0.3 is 6.03 Å². The maximum absolute atomic E-state index is 11.8. The number of benzene rings is 1. The second kappa shape index (κ2) is 9.16. The lowest BCUT2D eigenvalue weighted by atomic mass is 10.1. The van der Waals surface area contributed by atoms with E-state index < -0.39 is 0 Å². The van der Waals surface area contributed by atoms with E-state index in [0.29, 0.717) is 25.2 Å². The van der Waals surface area contributed by atoms with Gasteiger partial charge in [0.05, 0.1) is 12.5 Å². The van der Waals surface area contributed by atoms with E-state index in [1.54, 1.807) is 29.0 Å². The molecule has 0 saturated heterocycles. The van der Waals surface area contributed by atoms with Gasteiger partial charge in [-0.3, -0.25) is 4.79 Å². The van der Waals surface area contributed by atoms with Gasteiger partial charge in [0, 0.05) is 31.0 Å². The molecule has 0 fully saturated rings. The Hall–Kier alpha value is -3.07. The quantitative estimate of drug-likeness (QED) is 0.767. The van der Waals surface area contributed by atoms with Gasteiger partial charge in [0.15, 0.2) is 0 Å². The first-order chi connectivity index (χ1) is 11.7. The Kier molecular flexibility index (Phi) is 6.59. The summed E-state index contributed by atoms with van der Waals surface area (Å²) >= 11 is 0. The molecule has 0 aliphatic carbocycles. The summed E-state index contributed by atoms with van der Waals surface area (Å²) in [6.45, 7) is 1.18. The Bertz CT molecular complexity index is 760. The van der Waals surface area contributed by atoms with Crippen molar-refractivity contribution in [2.24, 2.45) is 0 Å². The summed E-state index contributed by atoms with van der Waals surface area (Å²) < 4.78 is 1.66. The summed E-state index contributed by atoms with van der Waals surface area (Å²) in [6.07, 6.45) is 3.72. The van der Waals surface area contributed by atoms with Crippen molar-refractivity contribution >= 4 is 11.7 Å². The average Bonchev–Trinajstić information content (AvgIpc) is 2.58. The fourth-order valence-electron chi connectivity index (χ4n) is 2.23. The van der Waals surface area contributed by atoms with Crippen LogP contribution in [0.3, 0.4) is 0 Å². The van der Waals surface area contributed by atoms with Gasteiger partial charge in [-0.2, -0.15) is 5.26 Å². The maximum atomic E-state index is 11.8. The third-order valence-electron chi connectivity index (χ3n) is 3.51. The molecular weight excluding hydrogens is 304 g/mol. The first-order valence-electron chi connectivity index (χ1n) is 7.85. The number of nitrogens with zero attached hydrogens (tertiary/aromatic N) is 2. The lowest BCUT2D eigenvalue weighted by molar-refractivity contribution is 0.252. The number of unbranched alkanes of at least 4 members (excludes halogenated alkanes) is 1. The van der Waals surface area contributed by atoms with Crippen LogP contribution in [-0.2, 0) is 13.0 Å². The smallest absolute Gasteiger partial charge is 0.319 e. The molecule has 6 nitrogen and oxygen atoms in total. The van der Waals surface area contributed by atoms with Gasteiger partial charge in [0.2, 0.25) is 5.56 Å². The molecule has 2 aromatic rings. The van der Waals surface area contributed by atoms with Crippen LogP contribution >= 0.6 is 0 Å². The summed E-state index contributed by atoms with van der Waals surface area (Å²) in [5.41, 5.74) is 1.59. The fourth-order valence-corrected chi connectivity index (χ4v) is 2.23. The lowest BCUT2D eigenvalue weighted by Crippen LogP contribution is -2.29. The molecule has 0 radical (unpaired) electrons. The average molecular weight is 324 g/mol. The van der Waals surface area contributed by atoms with Crippen molar-refractivity contribution in [1.82, 2.24) is 9.88 Å². The van der Waals surface area contributed by atoms with Crippen LogP contribution in [0.25, 0.3) is 0 Å². The molecular formula is C18H20N4O2. The number of nitriles is 1. The summed E-state index contributed by atoms with van der Waals surface area (Å²) in [6, 6.07) is 14.1. The van der Waals surface area contributed by atoms with Crippen LogP contribution in [0, 0.1) is 11.3 Å². The van der Waals surface area contributed by atoms with Crippen molar-refractivity contribution in [2.45, 2.75) is 25.8 Å². The van der Waals surface area contributed by atoms with E-state index in [4.69, 9.17) is 5.26 Å². The molecule has 6 heteroatoms. The number of rotatable bonds is 7. The number of nitrogens with one attached hydrogen (secondary N) is 2. The second-order valence-electron chi connectivity index (χ2n) is 5.35. The SMILES string of the molecule is N#CCc1ccc(NC(=O)NCCCCn2ccccc2=O)cc1. The molecule has 0 bridgehead atoms. The number of hydrogen-bond donors (Lipinski definition) is 2. The molecule has 2 N–H and O–H groups in total. The standard InChI is InChI=1S/C18H20N4O2/c19-11-10-15-6-8-16(9-7-15)21-18(24)20-12-2-4-14-22-13-3-1-5-17(22)23/h1,3,5-9,13H,2,4,10,12,14H2,(H2,20,21,24). The lowest BCUT2D eigenvalue weighted by Gasteiger charge is -2.08. The summed E-state index contributed by atoms with van der Waals surface area (Å²) in [5.74, 6) is 0. The van der Waals surface area contributed by atoms with Gasteiger partial charge in [-0.05, 0) is 36.6 Å². The van der Waals surface area contributed by atoms with Gasteiger partial charge in [-0.25, -0.2) is 4.79 Å². The third-order valence-corrected chi connectivity index (χ3v) is 3.51. The zero-order valence-electron chi connectivity index (χ0n) is 13.4. The van der Waals surface area contributed by atoms with E-state index in [0.717, 1.165) is 18.4 Å². The van der Waals surface area contributed by atoms with E-state index in [2.05, 4.69) is 16.7 Å². The van der Waals surface area contributed by atoms with Crippen molar-refractivity contribution in [2.75, 3.05) is 11.9 Å². The first kappa shape index (κ1) is 17.3. The predicted octanol–water partition coefficient (Wildman–Crippen LogP) is 2.52. The highest BCUT2D eigenvalue weighted by atomic mass is 16.2. The van der Waals surface area contributed by atoms with E-state index in [1.165, 1.54) is 6.07 Å². The van der Waals surface area contributed by atoms with Crippen LogP contribution < -0.4 is 16.2 Å². The summed E-state index contributed by atoms with van der Waals surface area (Å²) in [4.78, 5) is 23.3. The molecule has 0 atom stereocenters. The van der Waals surface area contributed by atoms with E-state index >= 15 is 0 Å². The largest absolute Gasteiger partial charge is 0.338 e. The van der Waals surface area contributed by atoms with E-state index in [1.807, 2.05) is 18.2 Å². The Morgan fingerprint density at radius 1 is 1.12 bits per heavy atom. The fraction of sp³-hybridized carbons (Fsp3) is 0.278. The molecule has 0 unspecified atom stereocenters. The number of carbonyl (C=O) groups is 1. The van der Waals surface area contributed by atoms with Gasteiger partial charge in [0.25, 0.3) is 0 Å². The highest BCUT2D eigenvalue weighted by Gasteiger charge is 2.01. The van der Waals surface area contributed by atoms with Crippen LogP contribution in [0.15, 0.2) is 53.5 Å². The minimum Gasteiger partial charge on any atom is -0.338 e. The Morgan fingerprint density at radius 2 is 1.92 bits per heavy atom. The Morgan fingerprint density at radius 3 is 2.62 bits per heavy atom. The second-order valence-corrected chi connectivity index (χ2v) is 5.35. The number of anilines is 1. The molecule has 24 heavy (non-hydrogen) atoms. The predicted molar refractivity (Wildman–Crippen MR) is 92.7 cm³/mol. The molecule has 124 valence electrons. The monoisotopic (exact) mass is 324 g/mol. The summed E-state index contributed by atoms with van der Waals surface area (Å²) in [5, 5.41) is 14.1. The van der Waals surface area contributed by atoms with Gasteiger partial charge < -0.3 is 15.2 Å². The van der Waals surface area contributed by atoms with Crippen LogP contribution in [0.5, 0.6) is 0 Å². The van der Waals surface area contributed by atoms with E-state index in [-0.39, 0.29) is 11.6 Å². The van der Waals surface area contributed by atoms with Crippen molar-refractivity contribution in [1.29, 1.82) is 5.26 Å². The van der Waals surface area contributed by atoms with Crippen LogP contribution in [0.1, 0.15) is 18.4 Å². The molecule has 0 aliphatic rings. The highest BCUT2D eigenvalue weighted by molar-refractivity contribution is 5.89. The van der Waals surface area contributed by atoms with E-state index in [9.17, 15) is 9.59 Å². The van der Waals surface area contributed by atoms with Crippen LogP contribution in [-0.4, -0.2) is 17.1 Å². The maximum Gasteiger partial charge on any atom is 0.319 e. The zero-order chi connectivity index (χ0) is 17.2. The van der Waals surface area contributed by atoms with Crippen molar-refractivity contribution in [3.8, 4) is 6.07 Å². The highest BCUT2D eigenvalue weighted by Crippen LogP contribution is 2.09.